The zero-order valence-corrected chi connectivity index (χ0v) is 16.7. The zero-order valence-electron chi connectivity index (χ0n) is 16.7. The van der Waals surface area contributed by atoms with E-state index >= 15 is 0 Å². The second-order valence-electron chi connectivity index (χ2n) is 6.82. The Bertz CT molecular complexity index is 1060. The Kier molecular flexibility index (Phi) is 7.32. The molecule has 2 amide bonds. The predicted molar refractivity (Wildman–Crippen MR) is 118 cm³/mol. The highest BCUT2D eigenvalue weighted by Crippen LogP contribution is 2.18. The third kappa shape index (κ3) is 6.40. The van der Waals surface area contributed by atoms with E-state index in [9.17, 15) is 19.5 Å². The topological polar surface area (TPSA) is 95.5 Å². The number of carboxylic acids is 1. The molecule has 156 valence electrons. The molecule has 0 saturated carbocycles. The molecule has 0 aromatic heterocycles. The van der Waals surface area contributed by atoms with Crippen LogP contribution in [0.2, 0.25) is 0 Å². The van der Waals surface area contributed by atoms with Crippen molar-refractivity contribution in [1.82, 2.24) is 10.6 Å². The van der Waals surface area contributed by atoms with Crippen molar-refractivity contribution >= 4 is 23.9 Å². The number of carboxylic acid groups (broad SMARTS) is 1. The number of carbonyl (C=O) groups is 3. The van der Waals surface area contributed by atoms with Crippen LogP contribution in [-0.4, -0.2) is 22.9 Å². The molecule has 0 fully saturated rings. The fourth-order valence-corrected chi connectivity index (χ4v) is 3.01. The first-order valence-electron chi connectivity index (χ1n) is 9.73. The first-order valence-corrected chi connectivity index (χ1v) is 9.73. The molecule has 3 aromatic carbocycles. The molecule has 0 aliphatic heterocycles. The van der Waals surface area contributed by atoms with Crippen LogP contribution in [0.15, 0.2) is 96.7 Å². The number of rotatable bonds is 8. The van der Waals surface area contributed by atoms with E-state index in [2.05, 4.69) is 10.6 Å². The van der Waals surface area contributed by atoms with Crippen LogP contribution in [0.25, 0.3) is 6.08 Å². The molecule has 0 bridgehead atoms. The maximum atomic E-state index is 13.1. The van der Waals surface area contributed by atoms with Gasteiger partial charge in [-0.05, 0) is 29.3 Å². The molecular formula is C25H22N2O4. The molecule has 3 rings (SSSR count). The second kappa shape index (κ2) is 10.5. The molecule has 6 nitrogen and oxygen atoms in total. The van der Waals surface area contributed by atoms with Crippen molar-refractivity contribution < 1.29 is 19.5 Å². The Morgan fingerprint density at radius 3 is 1.94 bits per heavy atom. The maximum Gasteiger partial charge on any atom is 0.305 e. The highest BCUT2D eigenvalue weighted by molar-refractivity contribution is 6.05. The van der Waals surface area contributed by atoms with E-state index in [0.29, 0.717) is 11.1 Å². The lowest BCUT2D eigenvalue weighted by molar-refractivity contribution is -0.137. The maximum absolute atomic E-state index is 13.1. The fraction of sp³-hybridized carbons (Fsp3) is 0.0800. The number of hydrogen-bond acceptors (Lipinski definition) is 3. The summed E-state index contributed by atoms with van der Waals surface area (Å²) in [6.45, 7) is 0. The van der Waals surface area contributed by atoms with Gasteiger partial charge in [-0.25, -0.2) is 0 Å². The lowest BCUT2D eigenvalue weighted by Crippen LogP contribution is -2.37. The lowest BCUT2D eigenvalue weighted by atomic mass is 10.0. The summed E-state index contributed by atoms with van der Waals surface area (Å²) in [7, 11) is 0. The standard InChI is InChI=1S/C25H22N2O4/c28-23(29)17-21(19-12-6-2-7-13-19)26-25(31)22(16-18-10-4-1-5-11-18)27-24(30)20-14-8-3-9-15-20/h1-16,21H,17H2,(H,26,31)(H,27,30)(H,28,29)/b22-16+/t21-/m1/s1. The van der Waals surface area contributed by atoms with Gasteiger partial charge in [0, 0.05) is 5.56 Å². The third-order valence-corrected chi connectivity index (χ3v) is 4.53. The van der Waals surface area contributed by atoms with Gasteiger partial charge in [-0.1, -0.05) is 78.9 Å². The molecule has 0 aliphatic carbocycles. The molecule has 0 spiro atoms. The van der Waals surface area contributed by atoms with Crippen molar-refractivity contribution in [3.8, 4) is 0 Å². The van der Waals surface area contributed by atoms with Gasteiger partial charge in [-0.2, -0.15) is 0 Å². The summed E-state index contributed by atoms with van der Waals surface area (Å²) in [5, 5.41) is 14.7. The fourth-order valence-electron chi connectivity index (χ4n) is 3.01. The van der Waals surface area contributed by atoms with E-state index in [-0.39, 0.29) is 12.1 Å². The van der Waals surface area contributed by atoms with Crippen LogP contribution in [0.5, 0.6) is 0 Å². The van der Waals surface area contributed by atoms with Crippen molar-refractivity contribution in [2.75, 3.05) is 0 Å². The van der Waals surface area contributed by atoms with Gasteiger partial charge >= 0.3 is 5.97 Å². The van der Waals surface area contributed by atoms with Gasteiger partial charge in [0.15, 0.2) is 0 Å². The van der Waals surface area contributed by atoms with Gasteiger partial charge in [0.05, 0.1) is 12.5 Å². The van der Waals surface area contributed by atoms with Crippen molar-refractivity contribution in [2.45, 2.75) is 12.5 Å². The quantitative estimate of drug-likeness (QED) is 0.489. The van der Waals surface area contributed by atoms with Crippen LogP contribution in [0, 0.1) is 0 Å². The van der Waals surface area contributed by atoms with Crippen LogP contribution < -0.4 is 10.6 Å². The highest BCUT2D eigenvalue weighted by Gasteiger charge is 2.21. The molecule has 1 atom stereocenters. The molecule has 0 radical (unpaired) electrons. The van der Waals surface area contributed by atoms with E-state index in [4.69, 9.17) is 0 Å². The Hall–Kier alpha value is -4.19. The summed E-state index contributed by atoms with van der Waals surface area (Å²) in [6, 6.07) is 25.7. The number of hydrogen-bond donors (Lipinski definition) is 3. The van der Waals surface area contributed by atoms with Crippen LogP contribution in [0.4, 0.5) is 0 Å². The molecule has 3 aromatic rings. The zero-order chi connectivity index (χ0) is 22.1. The van der Waals surface area contributed by atoms with E-state index in [1.54, 1.807) is 72.8 Å². The second-order valence-corrected chi connectivity index (χ2v) is 6.82. The number of aliphatic carboxylic acids is 1. The average Bonchev–Trinajstić information content (AvgIpc) is 2.79. The van der Waals surface area contributed by atoms with Gasteiger partial charge in [-0.15, -0.1) is 0 Å². The normalized spacial score (nSPS) is 11.9. The number of amides is 2. The summed E-state index contributed by atoms with van der Waals surface area (Å²) in [6.07, 6.45) is 1.26. The van der Waals surface area contributed by atoms with Crippen molar-refractivity contribution in [2.24, 2.45) is 0 Å². The first kappa shape index (κ1) is 21.5. The summed E-state index contributed by atoms with van der Waals surface area (Å²) < 4.78 is 0. The Labute approximate surface area is 180 Å². The minimum Gasteiger partial charge on any atom is -0.481 e. The van der Waals surface area contributed by atoms with Gasteiger partial charge in [-0.3, -0.25) is 14.4 Å². The number of carbonyl (C=O) groups excluding carboxylic acids is 2. The molecule has 0 saturated heterocycles. The summed E-state index contributed by atoms with van der Waals surface area (Å²) >= 11 is 0. The molecule has 0 heterocycles. The molecule has 0 unspecified atom stereocenters. The van der Waals surface area contributed by atoms with Crippen LogP contribution >= 0.6 is 0 Å². The Morgan fingerprint density at radius 2 is 1.35 bits per heavy atom. The SMILES string of the molecule is O=C(O)C[C@@H](NC(=O)/C(=C\c1ccccc1)NC(=O)c1ccccc1)c1ccccc1. The summed E-state index contributed by atoms with van der Waals surface area (Å²) in [4.78, 5) is 37.1. The van der Waals surface area contributed by atoms with Crippen LogP contribution in [-0.2, 0) is 9.59 Å². The van der Waals surface area contributed by atoms with E-state index in [1.807, 2.05) is 24.3 Å². The average molecular weight is 414 g/mol. The van der Waals surface area contributed by atoms with Gasteiger partial charge < -0.3 is 15.7 Å². The van der Waals surface area contributed by atoms with Crippen molar-refractivity contribution in [3.05, 3.63) is 113 Å². The largest absolute Gasteiger partial charge is 0.481 e. The van der Waals surface area contributed by atoms with Crippen molar-refractivity contribution in [3.63, 3.8) is 0 Å². The third-order valence-electron chi connectivity index (χ3n) is 4.53. The van der Waals surface area contributed by atoms with Crippen LogP contribution in [0.3, 0.4) is 0 Å². The first-order chi connectivity index (χ1) is 15.0. The van der Waals surface area contributed by atoms with Gasteiger partial charge in [0.1, 0.15) is 5.70 Å². The van der Waals surface area contributed by atoms with Gasteiger partial charge in [0.2, 0.25) is 0 Å². The minimum atomic E-state index is -1.05. The van der Waals surface area contributed by atoms with E-state index in [1.165, 1.54) is 0 Å². The molecule has 31 heavy (non-hydrogen) atoms. The molecule has 6 heteroatoms. The highest BCUT2D eigenvalue weighted by atomic mass is 16.4. The predicted octanol–water partition coefficient (Wildman–Crippen LogP) is 3.79. The molecule has 0 aliphatic rings. The number of benzene rings is 3. The summed E-state index contributed by atoms with van der Waals surface area (Å²) in [5.41, 5.74) is 1.80. The van der Waals surface area contributed by atoms with Crippen molar-refractivity contribution in [1.29, 1.82) is 0 Å². The van der Waals surface area contributed by atoms with Gasteiger partial charge in [0.25, 0.3) is 11.8 Å². The summed E-state index contributed by atoms with van der Waals surface area (Å²) in [5.74, 6) is -2.06. The monoisotopic (exact) mass is 414 g/mol. The van der Waals surface area contributed by atoms with Crippen LogP contribution in [0.1, 0.15) is 33.9 Å². The number of nitrogens with one attached hydrogen (secondary N) is 2. The van der Waals surface area contributed by atoms with E-state index < -0.39 is 23.8 Å². The minimum absolute atomic E-state index is 0.0198. The Balaban J connectivity index is 1.88. The smallest absolute Gasteiger partial charge is 0.305 e. The van der Waals surface area contributed by atoms with E-state index in [0.717, 1.165) is 5.56 Å². The molecular weight excluding hydrogens is 392 g/mol. The Morgan fingerprint density at radius 1 is 0.806 bits per heavy atom. The molecule has 3 N–H and O–H groups in total. The lowest BCUT2D eigenvalue weighted by Gasteiger charge is -2.19.